The number of nitrogens with zero attached hydrogens (tertiary/aromatic N) is 2. The predicted octanol–water partition coefficient (Wildman–Crippen LogP) is 1.77. The highest BCUT2D eigenvalue weighted by molar-refractivity contribution is 7.15. The third-order valence-electron chi connectivity index (χ3n) is 2.28. The first-order valence-corrected chi connectivity index (χ1v) is 6.47. The molecule has 0 aliphatic rings. The van der Waals surface area contributed by atoms with Crippen LogP contribution in [0.4, 0.5) is 5.13 Å². The van der Waals surface area contributed by atoms with Crippen LogP contribution in [-0.4, -0.2) is 48.1 Å². The monoisotopic (exact) mass is 257 g/mol. The lowest BCUT2D eigenvalue weighted by atomic mass is 10.3. The minimum atomic E-state index is -0.945. The summed E-state index contributed by atoms with van der Waals surface area (Å²) in [5.74, 6) is -0.945. The third-order valence-corrected chi connectivity index (χ3v) is 3.44. The van der Waals surface area contributed by atoms with Gasteiger partial charge in [-0.15, -0.1) is 11.3 Å². The Hall–Kier alpha value is -1.14. The van der Waals surface area contributed by atoms with Crippen LogP contribution in [-0.2, 0) is 6.42 Å². The van der Waals surface area contributed by atoms with E-state index in [1.54, 1.807) is 0 Å². The number of anilines is 1. The third kappa shape index (κ3) is 4.32. The summed E-state index contributed by atoms with van der Waals surface area (Å²) in [6, 6.07) is 0. The van der Waals surface area contributed by atoms with Crippen molar-refractivity contribution in [1.82, 2.24) is 9.88 Å². The maximum Gasteiger partial charge on any atom is 0.355 e. The standard InChI is InChI=1S/C11H19N3O2S/c1-4-8-9(10(15)16)13-11(17-8)12-6-5-7-14(2)3/h4-7H2,1-3H3,(H,12,13)(H,15,16). The Morgan fingerprint density at radius 1 is 1.53 bits per heavy atom. The highest BCUT2D eigenvalue weighted by Gasteiger charge is 2.15. The number of carboxylic acid groups (broad SMARTS) is 1. The molecule has 0 aliphatic heterocycles. The Balaban J connectivity index is 2.51. The average molecular weight is 257 g/mol. The van der Waals surface area contributed by atoms with E-state index in [4.69, 9.17) is 5.11 Å². The molecular formula is C11H19N3O2S. The van der Waals surface area contributed by atoms with Gasteiger partial charge in [0, 0.05) is 11.4 Å². The molecule has 0 unspecified atom stereocenters. The van der Waals surface area contributed by atoms with Crippen LogP contribution in [0.25, 0.3) is 0 Å². The predicted molar refractivity (Wildman–Crippen MR) is 70.1 cm³/mol. The molecule has 0 saturated heterocycles. The summed E-state index contributed by atoms with van der Waals surface area (Å²) < 4.78 is 0. The van der Waals surface area contributed by atoms with Gasteiger partial charge >= 0.3 is 5.97 Å². The zero-order valence-electron chi connectivity index (χ0n) is 10.5. The number of rotatable bonds is 7. The summed E-state index contributed by atoms with van der Waals surface area (Å²) in [5, 5.41) is 12.8. The largest absolute Gasteiger partial charge is 0.476 e. The lowest BCUT2D eigenvalue weighted by Gasteiger charge is -2.08. The zero-order chi connectivity index (χ0) is 12.8. The number of carboxylic acids is 1. The van der Waals surface area contributed by atoms with Gasteiger partial charge in [0.2, 0.25) is 0 Å². The molecule has 0 bridgehead atoms. The maximum absolute atomic E-state index is 10.9. The SMILES string of the molecule is CCc1sc(NCCCN(C)C)nc1C(=O)O. The summed E-state index contributed by atoms with van der Waals surface area (Å²) in [6.07, 6.45) is 1.72. The van der Waals surface area contributed by atoms with E-state index in [2.05, 4.69) is 15.2 Å². The summed E-state index contributed by atoms with van der Waals surface area (Å²) in [7, 11) is 4.06. The zero-order valence-corrected chi connectivity index (χ0v) is 11.3. The minimum Gasteiger partial charge on any atom is -0.476 e. The van der Waals surface area contributed by atoms with Gasteiger partial charge in [-0.1, -0.05) is 6.92 Å². The Kier molecular flexibility index (Phi) is 5.37. The number of nitrogens with one attached hydrogen (secondary N) is 1. The van der Waals surface area contributed by atoms with Crippen LogP contribution in [0.1, 0.15) is 28.7 Å². The van der Waals surface area contributed by atoms with Crippen LogP contribution in [0.5, 0.6) is 0 Å². The molecule has 6 heteroatoms. The molecule has 1 aromatic heterocycles. The molecule has 0 atom stereocenters. The Morgan fingerprint density at radius 2 is 2.24 bits per heavy atom. The number of thiazole rings is 1. The number of aromatic carboxylic acids is 1. The quantitative estimate of drug-likeness (QED) is 0.729. The van der Waals surface area contributed by atoms with E-state index < -0.39 is 5.97 Å². The molecule has 1 heterocycles. The van der Waals surface area contributed by atoms with Crippen molar-refractivity contribution >= 4 is 22.4 Å². The first-order chi connectivity index (χ1) is 8.04. The van der Waals surface area contributed by atoms with Crippen LogP contribution >= 0.6 is 11.3 Å². The second kappa shape index (κ2) is 6.56. The maximum atomic E-state index is 10.9. The summed E-state index contributed by atoms with van der Waals surface area (Å²) in [4.78, 5) is 18.0. The molecule has 0 saturated carbocycles. The lowest BCUT2D eigenvalue weighted by Crippen LogP contribution is -2.16. The average Bonchev–Trinajstić information content (AvgIpc) is 2.67. The minimum absolute atomic E-state index is 0.188. The lowest BCUT2D eigenvalue weighted by molar-refractivity contribution is 0.0690. The van der Waals surface area contributed by atoms with E-state index in [1.165, 1.54) is 11.3 Å². The van der Waals surface area contributed by atoms with Crippen LogP contribution in [0.15, 0.2) is 0 Å². The number of aryl methyl sites for hydroxylation is 1. The topological polar surface area (TPSA) is 65.5 Å². The van der Waals surface area contributed by atoms with Crippen molar-refractivity contribution in [3.05, 3.63) is 10.6 Å². The molecule has 17 heavy (non-hydrogen) atoms. The van der Waals surface area contributed by atoms with Crippen LogP contribution < -0.4 is 5.32 Å². The number of carbonyl (C=O) groups is 1. The highest BCUT2D eigenvalue weighted by Crippen LogP contribution is 2.23. The van der Waals surface area contributed by atoms with Gasteiger partial charge in [-0.3, -0.25) is 0 Å². The highest BCUT2D eigenvalue weighted by atomic mass is 32.1. The van der Waals surface area contributed by atoms with Crippen molar-refractivity contribution in [2.24, 2.45) is 0 Å². The second-order valence-corrected chi connectivity index (χ2v) is 5.12. The van der Waals surface area contributed by atoms with Crippen molar-refractivity contribution < 1.29 is 9.90 Å². The Labute approximate surface area is 105 Å². The molecule has 1 rings (SSSR count). The van der Waals surface area contributed by atoms with Gasteiger partial charge in [-0.2, -0.15) is 0 Å². The summed E-state index contributed by atoms with van der Waals surface area (Å²) >= 11 is 1.43. The van der Waals surface area contributed by atoms with E-state index in [1.807, 2.05) is 21.0 Å². The van der Waals surface area contributed by atoms with Crippen molar-refractivity contribution in [2.75, 3.05) is 32.5 Å². The molecule has 2 N–H and O–H groups in total. The fourth-order valence-electron chi connectivity index (χ4n) is 1.42. The molecule has 0 amide bonds. The Morgan fingerprint density at radius 3 is 2.71 bits per heavy atom. The van der Waals surface area contributed by atoms with Gasteiger partial charge in [-0.25, -0.2) is 9.78 Å². The van der Waals surface area contributed by atoms with E-state index in [0.29, 0.717) is 11.6 Å². The molecule has 0 spiro atoms. The molecule has 0 radical (unpaired) electrons. The molecule has 0 fully saturated rings. The molecule has 5 nitrogen and oxygen atoms in total. The van der Waals surface area contributed by atoms with Gasteiger partial charge in [0.1, 0.15) is 0 Å². The number of hydrogen-bond donors (Lipinski definition) is 2. The number of hydrogen-bond acceptors (Lipinski definition) is 5. The smallest absolute Gasteiger partial charge is 0.355 e. The first kappa shape index (κ1) is 13.9. The van der Waals surface area contributed by atoms with Crippen LogP contribution in [0, 0.1) is 0 Å². The summed E-state index contributed by atoms with van der Waals surface area (Å²) in [6.45, 7) is 3.76. The van der Waals surface area contributed by atoms with Crippen LogP contribution in [0.2, 0.25) is 0 Å². The van der Waals surface area contributed by atoms with E-state index in [9.17, 15) is 4.79 Å². The van der Waals surface area contributed by atoms with Crippen molar-refractivity contribution in [1.29, 1.82) is 0 Å². The van der Waals surface area contributed by atoms with Crippen molar-refractivity contribution in [3.63, 3.8) is 0 Å². The molecular weight excluding hydrogens is 238 g/mol. The van der Waals surface area contributed by atoms with E-state index in [0.717, 1.165) is 24.4 Å². The fraction of sp³-hybridized carbons (Fsp3) is 0.636. The number of aromatic nitrogens is 1. The van der Waals surface area contributed by atoms with Crippen molar-refractivity contribution in [2.45, 2.75) is 19.8 Å². The molecule has 1 aromatic rings. The van der Waals surface area contributed by atoms with E-state index in [-0.39, 0.29) is 5.69 Å². The van der Waals surface area contributed by atoms with Gasteiger partial charge in [0.05, 0.1) is 0 Å². The normalized spacial score (nSPS) is 10.8. The molecule has 0 aliphatic carbocycles. The first-order valence-electron chi connectivity index (χ1n) is 5.66. The summed E-state index contributed by atoms with van der Waals surface area (Å²) in [5.41, 5.74) is 0.188. The van der Waals surface area contributed by atoms with E-state index >= 15 is 0 Å². The van der Waals surface area contributed by atoms with Gasteiger partial charge in [-0.05, 0) is 33.5 Å². The second-order valence-electron chi connectivity index (χ2n) is 4.03. The Bertz CT molecular complexity index is 377. The molecule has 96 valence electrons. The fourth-order valence-corrected chi connectivity index (χ4v) is 2.34. The van der Waals surface area contributed by atoms with Gasteiger partial charge in [0.25, 0.3) is 0 Å². The van der Waals surface area contributed by atoms with Crippen LogP contribution in [0.3, 0.4) is 0 Å². The van der Waals surface area contributed by atoms with Gasteiger partial charge < -0.3 is 15.3 Å². The van der Waals surface area contributed by atoms with Crippen molar-refractivity contribution in [3.8, 4) is 0 Å². The molecule has 0 aromatic carbocycles. The van der Waals surface area contributed by atoms with Gasteiger partial charge in [0.15, 0.2) is 10.8 Å².